The van der Waals surface area contributed by atoms with Crippen LogP contribution < -0.4 is 0 Å². The summed E-state index contributed by atoms with van der Waals surface area (Å²) in [5.41, 5.74) is -0.268. The molecule has 3 heterocycles. The second kappa shape index (κ2) is 5.70. The number of hydrogen-bond acceptors (Lipinski definition) is 4. The lowest BCUT2D eigenvalue weighted by Gasteiger charge is -2.38. The van der Waals surface area contributed by atoms with Crippen LogP contribution in [0.1, 0.15) is 51.4 Å². The summed E-state index contributed by atoms with van der Waals surface area (Å²) in [5.74, 6) is 0.146. The van der Waals surface area contributed by atoms with E-state index in [2.05, 4.69) is 0 Å². The first-order valence-corrected chi connectivity index (χ1v) is 10.5. The monoisotopic (exact) mass is 342 g/mol. The minimum absolute atomic E-state index is 0.134. The molecule has 1 atom stereocenters. The molecular weight excluding hydrogens is 316 g/mol. The Bertz CT molecular complexity index is 573. The largest absolute Gasteiger partial charge is 0.362 e. The van der Waals surface area contributed by atoms with Gasteiger partial charge in [0.15, 0.2) is 0 Å². The summed E-state index contributed by atoms with van der Waals surface area (Å²) in [6.45, 7) is 2.81. The van der Waals surface area contributed by atoms with Gasteiger partial charge in [-0.3, -0.25) is 4.79 Å². The molecule has 0 bridgehead atoms. The number of carbonyl (C=O) groups is 1. The molecule has 3 saturated heterocycles. The van der Waals surface area contributed by atoms with Crippen molar-refractivity contribution in [1.82, 2.24) is 9.21 Å². The third kappa shape index (κ3) is 2.91. The van der Waals surface area contributed by atoms with E-state index in [9.17, 15) is 13.2 Å². The first kappa shape index (κ1) is 15.8. The van der Waals surface area contributed by atoms with Crippen molar-refractivity contribution in [1.29, 1.82) is 0 Å². The number of rotatable bonds is 3. The smallest absolute Gasteiger partial charge is 0.251 e. The van der Waals surface area contributed by atoms with Crippen molar-refractivity contribution in [2.75, 3.05) is 26.2 Å². The van der Waals surface area contributed by atoms with Crippen molar-refractivity contribution < 1.29 is 17.9 Å². The van der Waals surface area contributed by atoms with Crippen LogP contribution >= 0.6 is 0 Å². The molecule has 1 amide bonds. The molecule has 6 nitrogen and oxygen atoms in total. The fourth-order valence-corrected chi connectivity index (χ4v) is 6.07. The number of nitrogens with zero attached hydrogens (tertiary/aromatic N) is 2. The topological polar surface area (TPSA) is 66.9 Å². The number of hydrogen-bond donors (Lipinski definition) is 0. The SMILES string of the molecule is O=C([C@H]1CCC2(CCN(S(=O)(=O)C3CC3)CC2)O1)N1CCCC1. The van der Waals surface area contributed by atoms with Gasteiger partial charge in [-0.2, -0.15) is 0 Å². The Labute approximate surface area is 138 Å². The maximum atomic E-state index is 12.5. The van der Waals surface area contributed by atoms with E-state index >= 15 is 0 Å². The molecule has 23 heavy (non-hydrogen) atoms. The Morgan fingerprint density at radius 3 is 2.22 bits per heavy atom. The number of carbonyl (C=O) groups excluding carboxylic acids is 1. The molecule has 0 N–H and O–H groups in total. The lowest BCUT2D eigenvalue weighted by molar-refractivity contribution is -0.149. The van der Waals surface area contributed by atoms with Gasteiger partial charge in [-0.1, -0.05) is 0 Å². The predicted octanol–water partition coefficient (Wildman–Crippen LogP) is 1.11. The minimum Gasteiger partial charge on any atom is -0.362 e. The van der Waals surface area contributed by atoms with Gasteiger partial charge in [-0.15, -0.1) is 0 Å². The molecule has 0 unspecified atom stereocenters. The summed E-state index contributed by atoms with van der Waals surface area (Å²) in [6.07, 6.45) is 6.62. The number of amides is 1. The van der Waals surface area contributed by atoms with Crippen molar-refractivity contribution in [3.05, 3.63) is 0 Å². The molecule has 7 heteroatoms. The van der Waals surface area contributed by atoms with E-state index in [1.165, 1.54) is 0 Å². The van der Waals surface area contributed by atoms with E-state index in [-0.39, 0.29) is 22.9 Å². The number of sulfonamides is 1. The van der Waals surface area contributed by atoms with Gasteiger partial charge in [-0.05, 0) is 51.4 Å². The minimum atomic E-state index is -3.08. The highest BCUT2D eigenvalue weighted by atomic mass is 32.2. The Balaban J connectivity index is 1.35. The van der Waals surface area contributed by atoms with Crippen molar-refractivity contribution in [2.24, 2.45) is 0 Å². The summed E-state index contributed by atoms with van der Waals surface area (Å²) in [7, 11) is -3.08. The second-order valence-corrected chi connectivity index (χ2v) is 9.72. The van der Waals surface area contributed by atoms with Crippen LogP contribution in [0.4, 0.5) is 0 Å². The van der Waals surface area contributed by atoms with E-state index < -0.39 is 10.0 Å². The van der Waals surface area contributed by atoms with Crippen LogP contribution in [0.15, 0.2) is 0 Å². The van der Waals surface area contributed by atoms with E-state index in [0.29, 0.717) is 13.1 Å². The summed E-state index contributed by atoms with van der Waals surface area (Å²) >= 11 is 0. The lowest BCUT2D eigenvalue weighted by Crippen LogP contribution is -2.48. The summed E-state index contributed by atoms with van der Waals surface area (Å²) in [6, 6.07) is 0. The van der Waals surface area contributed by atoms with Crippen LogP contribution in [-0.4, -0.2) is 66.7 Å². The summed E-state index contributed by atoms with van der Waals surface area (Å²) < 4.78 is 32.5. The van der Waals surface area contributed by atoms with Crippen LogP contribution in [-0.2, 0) is 19.6 Å². The molecule has 4 rings (SSSR count). The first-order chi connectivity index (χ1) is 11.0. The maximum absolute atomic E-state index is 12.5. The van der Waals surface area contributed by atoms with Crippen molar-refractivity contribution in [3.8, 4) is 0 Å². The fourth-order valence-electron chi connectivity index (χ4n) is 4.22. The van der Waals surface area contributed by atoms with Crippen LogP contribution in [0, 0.1) is 0 Å². The second-order valence-electron chi connectivity index (χ2n) is 7.50. The normalized spacial score (nSPS) is 31.8. The average Bonchev–Trinajstić information content (AvgIpc) is 3.13. The quantitative estimate of drug-likeness (QED) is 0.771. The van der Waals surface area contributed by atoms with Crippen LogP contribution in [0.3, 0.4) is 0 Å². The predicted molar refractivity (Wildman–Crippen MR) is 85.4 cm³/mol. The van der Waals surface area contributed by atoms with Gasteiger partial charge in [0, 0.05) is 26.2 Å². The van der Waals surface area contributed by atoms with Crippen molar-refractivity contribution in [3.63, 3.8) is 0 Å². The van der Waals surface area contributed by atoms with Crippen molar-refractivity contribution >= 4 is 15.9 Å². The number of ether oxygens (including phenoxy) is 1. The molecule has 1 saturated carbocycles. The van der Waals surface area contributed by atoms with Gasteiger partial charge in [0.25, 0.3) is 5.91 Å². The highest BCUT2D eigenvalue weighted by molar-refractivity contribution is 7.90. The zero-order valence-electron chi connectivity index (χ0n) is 13.6. The standard InChI is InChI=1S/C16H26N2O4S/c19-15(17-9-1-2-10-17)14-5-6-16(22-14)7-11-18(12-8-16)23(20,21)13-3-4-13/h13-14H,1-12H2/t14-/m1/s1. The number of piperidine rings is 1. The highest BCUT2D eigenvalue weighted by Crippen LogP contribution is 2.41. The van der Waals surface area contributed by atoms with Gasteiger partial charge in [0.1, 0.15) is 6.10 Å². The lowest BCUT2D eigenvalue weighted by atomic mass is 9.89. The average molecular weight is 342 g/mol. The van der Waals surface area contributed by atoms with E-state index in [4.69, 9.17) is 4.74 Å². The van der Waals surface area contributed by atoms with E-state index in [1.807, 2.05) is 4.90 Å². The summed E-state index contributed by atoms with van der Waals surface area (Å²) in [5, 5.41) is -0.134. The van der Waals surface area contributed by atoms with Crippen molar-refractivity contribution in [2.45, 2.75) is 68.3 Å². The van der Waals surface area contributed by atoms with Crippen LogP contribution in [0.25, 0.3) is 0 Å². The zero-order valence-corrected chi connectivity index (χ0v) is 14.4. The Kier molecular flexibility index (Phi) is 3.93. The molecule has 0 aromatic rings. The Hall–Kier alpha value is -0.660. The fraction of sp³-hybridized carbons (Fsp3) is 0.938. The molecule has 4 aliphatic rings. The molecule has 4 fully saturated rings. The van der Waals surface area contributed by atoms with E-state index in [1.54, 1.807) is 4.31 Å². The molecule has 130 valence electrons. The van der Waals surface area contributed by atoms with Gasteiger partial charge in [-0.25, -0.2) is 12.7 Å². The molecule has 1 aliphatic carbocycles. The maximum Gasteiger partial charge on any atom is 0.251 e. The van der Waals surface area contributed by atoms with Gasteiger partial charge in [0.05, 0.1) is 10.9 Å². The van der Waals surface area contributed by atoms with E-state index in [0.717, 1.165) is 64.5 Å². The zero-order chi connectivity index (χ0) is 16.1. The van der Waals surface area contributed by atoms with Crippen LogP contribution in [0.2, 0.25) is 0 Å². The van der Waals surface area contributed by atoms with Gasteiger partial charge < -0.3 is 9.64 Å². The molecule has 0 aromatic carbocycles. The first-order valence-electron chi connectivity index (χ1n) is 8.96. The molecule has 3 aliphatic heterocycles. The molecule has 0 aromatic heterocycles. The van der Waals surface area contributed by atoms with Gasteiger partial charge in [0.2, 0.25) is 10.0 Å². The third-order valence-corrected chi connectivity index (χ3v) is 8.29. The Morgan fingerprint density at radius 1 is 0.957 bits per heavy atom. The summed E-state index contributed by atoms with van der Waals surface area (Å²) in [4.78, 5) is 14.4. The van der Waals surface area contributed by atoms with Crippen LogP contribution in [0.5, 0.6) is 0 Å². The molecular formula is C16H26N2O4S. The number of likely N-dealkylation sites (tertiary alicyclic amines) is 1. The molecule has 1 spiro atoms. The third-order valence-electron chi connectivity index (χ3n) is 5.89. The Morgan fingerprint density at radius 2 is 1.61 bits per heavy atom. The highest BCUT2D eigenvalue weighted by Gasteiger charge is 2.49. The molecule has 0 radical (unpaired) electrons. The van der Waals surface area contributed by atoms with Gasteiger partial charge >= 0.3 is 0 Å².